The van der Waals surface area contributed by atoms with E-state index in [0.717, 1.165) is 24.1 Å². The molecular formula is C21H20F3N3. The van der Waals surface area contributed by atoms with Gasteiger partial charge < -0.3 is 10.2 Å². The first-order valence-corrected chi connectivity index (χ1v) is 9.05. The molecule has 2 heterocycles. The highest BCUT2D eigenvalue weighted by atomic mass is 19.4. The number of nitriles is 1. The van der Waals surface area contributed by atoms with Crippen LogP contribution in [0, 0.1) is 11.3 Å². The van der Waals surface area contributed by atoms with Crippen molar-refractivity contribution >= 4 is 5.69 Å². The molecule has 1 saturated heterocycles. The Balaban J connectivity index is 1.83. The number of rotatable bonds is 2. The van der Waals surface area contributed by atoms with E-state index in [1.54, 1.807) is 25.2 Å². The summed E-state index contributed by atoms with van der Waals surface area (Å²) < 4.78 is 41.6. The highest BCUT2D eigenvalue weighted by Gasteiger charge is 2.44. The van der Waals surface area contributed by atoms with Crippen LogP contribution < -0.4 is 10.2 Å². The third-order valence-electron chi connectivity index (χ3n) is 5.73. The van der Waals surface area contributed by atoms with E-state index in [4.69, 9.17) is 0 Å². The SMILES string of the molecule is CN1c2c(cc(Cc3ccccc3C#N)cc2C(F)(F)F)[C@H]2CNCC[C@H]21. The van der Waals surface area contributed by atoms with Gasteiger partial charge >= 0.3 is 6.18 Å². The average Bonchev–Trinajstić information content (AvgIpc) is 2.94. The van der Waals surface area contributed by atoms with E-state index < -0.39 is 11.7 Å². The summed E-state index contributed by atoms with van der Waals surface area (Å²) >= 11 is 0. The van der Waals surface area contributed by atoms with Gasteiger partial charge in [-0.15, -0.1) is 0 Å². The van der Waals surface area contributed by atoms with Crippen LogP contribution in [-0.4, -0.2) is 26.2 Å². The normalized spacial score (nSPS) is 21.5. The minimum Gasteiger partial charge on any atom is -0.370 e. The summed E-state index contributed by atoms with van der Waals surface area (Å²) in [5.74, 6) is 0.0611. The number of anilines is 1. The maximum Gasteiger partial charge on any atom is 0.418 e. The number of piperidine rings is 1. The summed E-state index contributed by atoms with van der Waals surface area (Å²) in [4.78, 5) is 1.82. The predicted octanol–water partition coefficient (Wildman–Crippen LogP) is 4.06. The van der Waals surface area contributed by atoms with E-state index in [2.05, 4.69) is 11.4 Å². The van der Waals surface area contributed by atoms with Crippen molar-refractivity contribution in [1.29, 1.82) is 5.26 Å². The molecule has 0 bridgehead atoms. The maximum atomic E-state index is 13.9. The minimum atomic E-state index is -4.41. The summed E-state index contributed by atoms with van der Waals surface area (Å²) in [6.45, 7) is 1.51. The van der Waals surface area contributed by atoms with Gasteiger partial charge in [-0.2, -0.15) is 18.4 Å². The summed E-state index contributed by atoms with van der Waals surface area (Å²) in [6, 6.07) is 12.5. The topological polar surface area (TPSA) is 39.1 Å². The van der Waals surface area contributed by atoms with Crippen molar-refractivity contribution in [3.8, 4) is 6.07 Å². The number of alkyl halides is 3. The van der Waals surface area contributed by atoms with Crippen LogP contribution in [0.1, 0.15) is 40.2 Å². The van der Waals surface area contributed by atoms with Gasteiger partial charge in [0.2, 0.25) is 0 Å². The molecule has 6 heteroatoms. The van der Waals surface area contributed by atoms with Gasteiger partial charge in [-0.05, 0) is 48.2 Å². The fourth-order valence-corrected chi connectivity index (χ4v) is 4.51. The number of benzene rings is 2. The van der Waals surface area contributed by atoms with E-state index in [-0.39, 0.29) is 12.0 Å². The van der Waals surface area contributed by atoms with Crippen LogP contribution in [0.3, 0.4) is 0 Å². The summed E-state index contributed by atoms with van der Waals surface area (Å²) in [6.07, 6.45) is -3.27. The lowest BCUT2D eigenvalue weighted by Gasteiger charge is -2.31. The molecule has 0 aliphatic carbocycles. The molecule has 3 nitrogen and oxygen atoms in total. The zero-order valence-electron chi connectivity index (χ0n) is 15.0. The van der Waals surface area contributed by atoms with Crippen molar-refractivity contribution in [2.45, 2.75) is 31.0 Å². The lowest BCUT2D eigenvalue weighted by atomic mass is 9.87. The van der Waals surface area contributed by atoms with Crippen LogP contribution >= 0.6 is 0 Å². The van der Waals surface area contributed by atoms with Crippen LogP contribution in [0.15, 0.2) is 36.4 Å². The molecule has 0 unspecified atom stereocenters. The predicted molar refractivity (Wildman–Crippen MR) is 97.8 cm³/mol. The average molecular weight is 371 g/mol. The number of hydrogen-bond acceptors (Lipinski definition) is 3. The molecule has 4 rings (SSSR count). The quantitative estimate of drug-likeness (QED) is 0.865. The first-order chi connectivity index (χ1) is 12.9. The first-order valence-electron chi connectivity index (χ1n) is 9.05. The summed E-state index contributed by atoms with van der Waals surface area (Å²) in [7, 11) is 1.77. The van der Waals surface area contributed by atoms with Gasteiger partial charge in [-0.25, -0.2) is 0 Å². The molecule has 2 aliphatic heterocycles. The standard InChI is InChI=1S/C21H20F3N3/c1-27-19-6-7-26-12-17(19)16-9-13(10-18(20(16)27)21(22,23)24)8-14-4-2-3-5-15(14)11-25/h2-5,9-10,17,19,26H,6-8,12H2,1H3/t17-,19-/m1/s1. The lowest BCUT2D eigenvalue weighted by Crippen LogP contribution is -2.42. The molecule has 2 aromatic carbocycles. The third-order valence-corrected chi connectivity index (χ3v) is 5.73. The molecule has 0 radical (unpaired) electrons. The third kappa shape index (κ3) is 3.06. The van der Waals surface area contributed by atoms with Gasteiger partial charge in [0, 0.05) is 25.6 Å². The van der Waals surface area contributed by atoms with E-state index in [1.165, 1.54) is 6.07 Å². The Hall–Kier alpha value is -2.52. The molecule has 0 spiro atoms. The van der Waals surface area contributed by atoms with Crippen molar-refractivity contribution < 1.29 is 13.2 Å². The van der Waals surface area contributed by atoms with Gasteiger partial charge in [0.25, 0.3) is 0 Å². The Bertz CT molecular complexity index is 914. The van der Waals surface area contributed by atoms with Gasteiger partial charge in [0.1, 0.15) is 0 Å². The highest BCUT2D eigenvalue weighted by molar-refractivity contribution is 5.69. The number of nitrogens with zero attached hydrogens (tertiary/aromatic N) is 2. The molecule has 0 amide bonds. The summed E-state index contributed by atoms with van der Waals surface area (Å²) in [5.41, 5.74) is 2.37. The van der Waals surface area contributed by atoms with Crippen molar-refractivity contribution in [3.05, 3.63) is 64.2 Å². The van der Waals surface area contributed by atoms with Gasteiger partial charge in [-0.1, -0.05) is 24.3 Å². The van der Waals surface area contributed by atoms with Crippen molar-refractivity contribution in [3.63, 3.8) is 0 Å². The monoisotopic (exact) mass is 371 g/mol. The van der Waals surface area contributed by atoms with E-state index in [0.29, 0.717) is 29.8 Å². The van der Waals surface area contributed by atoms with Crippen molar-refractivity contribution in [1.82, 2.24) is 5.32 Å². The van der Waals surface area contributed by atoms with E-state index in [9.17, 15) is 18.4 Å². The fraction of sp³-hybridized carbons (Fsp3) is 0.381. The number of fused-ring (bicyclic) bond motifs is 3. The largest absolute Gasteiger partial charge is 0.418 e. The van der Waals surface area contributed by atoms with Gasteiger partial charge in [0.15, 0.2) is 0 Å². The second kappa shape index (κ2) is 6.58. The van der Waals surface area contributed by atoms with Gasteiger partial charge in [-0.3, -0.25) is 0 Å². The van der Waals surface area contributed by atoms with Crippen molar-refractivity contribution in [2.75, 3.05) is 25.0 Å². The number of hydrogen-bond donors (Lipinski definition) is 1. The van der Waals surface area contributed by atoms with Gasteiger partial charge in [0.05, 0.1) is 22.9 Å². The molecule has 2 aliphatic rings. The second-order valence-electron chi connectivity index (χ2n) is 7.30. The fourth-order valence-electron chi connectivity index (χ4n) is 4.51. The molecule has 0 aromatic heterocycles. The molecule has 140 valence electrons. The Morgan fingerprint density at radius 3 is 2.78 bits per heavy atom. The Morgan fingerprint density at radius 1 is 1.26 bits per heavy atom. The smallest absolute Gasteiger partial charge is 0.370 e. The zero-order chi connectivity index (χ0) is 19.2. The first kappa shape index (κ1) is 17.9. The number of nitrogens with one attached hydrogen (secondary N) is 1. The maximum absolute atomic E-state index is 13.9. The Kier molecular flexibility index (Phi) is 4.35. The van der Waals surface area contributed by atoms with Crippen LogP contribution in [0.4, 0.5) is 18.9 Å². The van der Waals surface area contributed by atoms with E-state index in [1.807, 2.05) is 17.0 Å². The van der Waals surface area contributed by atoms with Crippen LogP contribution in [0.25, 0.3) is 0 Å². The van der Waals surface area contributed by atoms with Crippen LogP contribution in [-0.2, 0) is 12.6 Å². The van der Waals surface area contributed by atoms with Crippen LogP contribution in [0.2, 0.25) is 0 Å². The van der Waals surface area contributed by atoms with Crippen LogP contribution in [0.5, 0.6) is 0 Å². The minimum absolute atomic E-state index is 0.0611. The lowest BCUT2D eigenvalue weighted by molar-refractivity contribution is -0.137. The molecular weight excluding hydrogens is 351 g/mol. The number of halogens is 3. The molecule has 2 aromatic rings. The number of likely N-dealkylation sites (N-methyl/N-ethyl adjacent to an activating group) is 1. The van der Waals surface area contributed by atoms with E-state index >= 15 is 0 Å². The molecule has 27 heavy (non-hydrogen) atoms. The second-order valence-corrected chi connectivity index (χ2v) is 7.30. The Labute approximate surface area is 156 Å². The zero-order valence-corrected chi connectivity index (χ0v) is 15.0. The molecule has 0 saturated carbocycles. The highest BCUT2D eigenvalue weighted by Crippen LogP contribution is 2.49. The molecule has 1 N–H and O–H groups in total. The Morgan fingerprint density at radius 2 is 2.04 bits per heavy atom. The molecule has 2 atom stereocenters. The molecule has 1 fully saturated rings. The van der Waals surface area contributed by atoms with Crippen molar-refractivity contribution in [2.24, 2.45) is 0 Å². The summed E-state index contributed by atoms with van der Waals surface area (Å²) in [5, 5.41) is 12.6.